The van der Waals surface area contributed by atoms with E-state index in [1.807, 2.05) is 25.3 Å². The summed E-state index contributed by atoms with van der Waals surface area (Å²) < 4.78 is 9.33. The fourth-order valence-electron chi connectivity index (χ4n) is 5.49. The number of rotatable bonds is 6. The first kappa shape index (κ1) is 23.2. The molecule has 6 rings (SSSR count). The molecular formula is C26H28N10O. The highest BCUT2D eigenvalue weighted by Crippen LogP contribution is 2.33. The lowest BCUT2D eigenvalue weighted by Crippen LogP contribution is -2.42. The number of hydrogen-bond donors (Lipinski definition) is 2. The first-order valence-electron chi connectivity index (χ1n) is 12.7. The molecule has 0 aliphatic carbocycles. The van der Waals surface area contributed by atoms with Crippen molar-refractivity contribution >= 4 is 34.0 Å². The molecule has 2 fully saturated rings. The molecule has 2 aliphatic rings. The van der Waals surface area contributed by atoms with Crippen molar-refractivity contribution in [2.75, 3.05) is 43.5 Å². The Labute approximate surface area is 214 Å². The summed E-state index contributed by atoms with van der Waals surface area (Å²) in [5.74, 6) is 0.875. The Balaban J connectivity index is 1.28. The molecule has 0 amide bonds. The standard InChI is InChI=1S/C26H28N10O/c1-2-29-24-25-30-14-21(13-28)36(25)33-26(32-24)31-18-3-4-23-22(11-18)17(12-27)15-35(23)19-5-8-34(9-6-19)20-7-10-37-16-20/h3-4,11,14-15,19-20H,2,5-10,16H2,1H3,(H2,29,31,32,33). The van der Waals surface area contributed by atoms with Crippen LogP contribution in [0.5, 0.6) is 0 Å². The Morgan fingerprint density at radius 1 is 1.14 bits per heavy atom. The summed E-state index contributed by atoms with van der Waals surface area (Å²) in [5.41, 5.74) is 3.28. The van der Waals surface area contributed by atoms with E-state index in [9.17, 15) is 10.5 Å². The second kappa shape index (κ2) is 9.69. The Morgan fingerprint density at radius 2 is 2.00 bits per heavy atom. The zero-order valence-electron chi connectivity index (χ0n) is 20.7. The molecule has 3 aromatic heterocycles. The van der Waals surface area contributed by atoms with E-state index in [1.54, 1.807) is 0 Å². The second-order valence-corrected chi connectivity index (χ2v) is 9.51. The summed E-state index contributed by atoms with van der Waals surface area (Å²) in [6.45, 7) is 6.43. The van der Waals surface area contributed by atoms with Gasteiger partial charge >= 0.3 is 0 Å². The first-order chi connectivity index (χ1) is 18.2. The van der Waals surface area contributed by atoms with E-state index < -0.39 is 0 Å². The lowest BCUT2D eigenvalue weighted by atomic mass is 10.0. The van der Waals surface area contributed by atoms with Gasteiger partial charge in [0.25, 0.3) is 0 Å². The molecule has 1 unspecified atom stereocenters. The number of fused-ring (bicyclic) bond motifs is 2. The molecule has 11 heteroatoms. The zero-order valence-corrected chi connectivity index (χ0v) is 20.7. The summed E-state index contributed by atoms with van der Waals surface area (Å²) in [4.78, 5) is 11.4. The number of aromatic nitrogens is 5. The molecule has 37 heavy (non-hydrogen) atoms. The lowest BCUT2D eigenvalue weighted by molar-refractivity contribution is 0.112. The predicted molar refractivity (Wildman–Crippen MR) is 139 cm³/mol. The Bertz CT molecular complexity index is 1530. The van der Waals surface area contributed by atoms with E-state index >= 15 is 0 Å². The minimum absolute atomic E-state index is 0.324. The van der Waals surface area contributed by atoms with Crippen molar-refractivity contribution in [2.24, 2.45) is 0 Å². The van der Waals surface area contributed by atoms with Crippen LogP contribution in [0.15, 0.2) is 30.6 Å². The number of imidazole rings is 1. The highest BCUT2D eigenvalue weighted by Gasteiger charge is 2.29. The van der Waals surface area contributed by atoms with Crippen molar-refractivity contribution in [1.29, 1.82) is 10.5 Å². The monoisotopic (exact) mass is 496 g/mol. The summed E-state index contributed by atoms with van der Waals surface area (Å²) in [6, 6.07) is 11.4. The molecule has 0 radical (unpaired) electrons. The van der Waals surface area contributed by atoms with E-state index in [1.165, 1.54) is 10.7 Å². The van der Waals surface area contributed by atoms with Gasteiger partial charge in [-0.05, 0) is 44.4 Å². The Kier molecular flexibility index (Phi) is 6.08. The van der Waals surface area contributed by atoms with Gasteiger partial charge in [0.2, 0.25) is 5.95 Å². The highest BCUT2D eigenvalue weighted by molar-refractivity contribution is 5.90. The molecular weight excluding hydrogens is 468 g/mol. The SMILES string of the molecule is CCNc1nc(Nc2ccc3c(c2)c(C#N)cn3C2CCN(C3CCOC3)CC2)nn2c(C#N)cnc12. The maximum absolute atomic E-state index is 9.88. The predicted octanol–water partition coefficient (Wildman–Crippen LogP) is 3.42. The van der Waals surface area contributed by atoms with Gasteiger partial charge in [-0.2, -0.15) is 20.0 Å². The van der Waals surface area contributed by atoms with Crippen LogP contribution in [0, 0.1) is 22.7 Å². The van der Waals surface area contributed by atoms with Crippen LogP contribution in [0.2, 0.25) is 0 Å². The van der Waals surface area contributed by atoms with Gasteiger partial charge in [0.15, 0.2) is 17.2 Å². The van der Waals surface area contributed by atoms with Crippen LogP contribution in [-0.4, -0.2) is 67.9 Å². The zero-order chi connectivity index (χ0) is 25.4. The lowest BCUT2D eigenvalue weighted by Gasteiger charge is -2.36. The average molecular weight is 497 g/mol. The van der Waals surface area contributed by atoms with Crippen LogP contribution in [0.4, 0.5) is 17.5 Å². The van der Waals surface area contributed by atoms with Gasteiger partial charge in [0.1, 0.15) is 12.1 Å². The van der Waals surface area contributed by atoms with E-state index in [2.05, 4.69) is 53.4 Å². The number of ether oxygens (including phenoxy) is 1. The number of piperidine rings is 1. The van der Waals surface area contributed by atoms with Gasteiger partial charge in [0, 0.05) is 61.1 Å². The summed E-state index contributed by atoms with van der Waals surface area (Å²) >= 11 is 0. The Hall–Kier alpha value is -4.19. The minimum Gasteiger partial charge on any atom is -0.380 e. The number of nitrogens with one attached hydrogen (secondary N) is 2. The first-order valence-corrected chi connectivity index (χ1v) is 12.7. The van der Waals surface area contributed by atoms with Crippen LogP contribution in [0.25, 0.3) is 16.6 Å². The number of nitriles is 2. The molecule has 188 valence electrons. The van der Waals surface area contributed by atoms with Gasteiger partial charge in [-0.15, -0.1) is 5.10 Å². The molecule has 0 bridgehead atoms. The summed E-state index contributed by atoms with van der Waals surface area (Å²) in [5, 5.41) is 31.1. The van der Waals surface area contributed by atoms with Gasteiger partial charge < -0.3 is 19.9 Å². The largest absolute Gasteiger partial charge is 0.380 e. The van der Waals surface area contributed by atoms with Gasteiger partial charge in [-0.1, -0.05) is 0 Å². The number of likely N-dealkylation sites (tertiary alicyclic amines) is 1. The number of anilines is 3. The van der Waals surface area contributed by atoms with Crippen LogP contribution >= 0.6 is 0 Å². The molecule has 1 aromatic carbocycles. The molecule has 11 nitrogen and oxygen atoms in total. The third kappa shape index (κ3) is 4.22. The summed E-state index contributed by atoms with van der Waals surface area (Å²) in [6.07, 6.45) is 6.70. The number of nitrogens with zero attached hydrogens (tertiary/aromatic N) is 8. The van der Waals surface area contributed by atoms with Crippen molar-refractivity contribution < 1.29 is 4.74 Å². The fourth-order valence-corrected chi connectivity index (χ4v) is 5.49. The quantitative estimate of drug-likeness (QED) is 0.412. The normalized spacial score (nSPS) is 18.7. The molecule has 2 aliphatic heterocycles. The van der Waals surface area contributed by atoms with Gasteiger partial charge in [-0.3, -0.25) is 4.90 Å². The average Bonchev–Trinajstić information content (AvgIpc) is 3.67. The molecule has 4 aromatic rings. The van der Waals surface area contributed by atoms with E-state index in [4.69, 9.17) is 4.74 Å². The van der Waals surface area contributed by atoms with Crippen LogP contribution in [0.1, 0.15) is 43.5 Å². The van der Waals surface area contributed by atoms with Crippen LogP contribution in [0.3, 0.4) is 0 Å². The van der Waals surface area contributed by atoms with E-state index in [0.717, 1.165) is 62.2 Å². The number of benzene rings is 1. The van der Waals surface area contributed by atoms with Crippen molar-refractivity contribution in [1.82, 2.24) is 29.0 Å². The van der Waals surface area contributed by atoms with E-state index in [-0.39, 0.29) is 0 Å². The molecule has 0 spiro atoms. The molecule has 1 atom stereocenters. The van der Waals surface area contributed by atoms with Crippen molar-refractivity contribution in [3.05, 3.63) is 41.9 Å². The van der Waals surface area contributed by atoms with E-state index in [0.29, 0.717) is 47.3 Å². The minimum atomic E-state index is 0.324. The van der Waals surface area contributed by atoms with Crippen molar-refractivity contribution in [2.45, 2.75) is 38.3 Å². The smallest absolute Gasteiger partial charge is 0.247 e. The van der Waals surface area contributed by atoms with Crippen molar-refractivity contribution in [3.63, 3.8) is 0 Å². The third-order valence-electron chi connectivity index (χ3n) is 7.35. The molecule has 0 saturated carbocycles. The summed E-state index contributed by atoms with van der Waals surface area (Å²) in [7, 11) is 0. The van der Waals surface area contributed by atoms with Crippen molar-refractivity contribution in [3.8, 4) is 12.1 Å². The topological polar surface area (TPSA) is 132 Å². The molecule has 2 saturated heterocycles. The maximum atomic E-state index is 9.88. The van der Waals surface area contributed by atoms with Gasteiger partial charge in [0.05, 0.1) is 18.4 Å². The maximum Gasteiger partial charge on any atom is 0.247 e. The highest BCUT2D eigenvalue weighted by atomic mass is 16.5. The van der Waals surface area contributed by atoms with Crippen LogP contribution in [-0.2, 0) is 4.74 Å². The van der Waals surface area contributed by atoms with Crippen LogP contribution < -0.4 is 10.6 Å². The number of hydrogen-bond acceptors (Lipinski definition) is 9. The van der Waals surface area contributed by atoms with Gasteiger partial charge in [-0.25, -0.2) is 4.98 Å². The Morgan fingerprint density at radius 3 is 2.73 bits per heavy atom. The molecule has 5 heterocycles. The third-order valence-corrected chi connectivity index (χ3v) is 7.35. The fraction of sp³-hybridized carbons (Fsp3) is 0.423. The second-order valence-electron chi connectivity index (χ2n) is 9.51. The molecule has 2 N–H and O–H groups in total.